The molecule has 1 N–H and O–H groups in total. The summed E-state index contributed by atoms with van der Waals surface area (Å²) in [5.41, 5.74) is -1.87. The van der Waals surface area contributed by atoms with Crippen molar-refractivity contribution < 1.29 is 17.6 Å². The van der Waals surface area contributed by atoms with Crippen molar-refractivity contribution in [1.82, 2.24) is 15.0 Å². The minimum Gasteiger partial charge on any atom is -0.372 e. The summed E-state index contributed by atoms with van der Waals surface area (Å²) in [4.78, 5) is 11.1. The average molecular weight is 325 g/mol. The molecule has 0 bridgehead atoms. The predicted octanol–water partition coefficient (Wildman–Crippen LogP) is 3.50. The lowest BCUT2D eigenvalue weighted by atomic mass is 10.1. The molecule has 23 heavy (non-hydrogen) atoms. The van der Waals surface area contributed by atoms with E-state index in [9.17, 15) is 17.6 Å². The van der Waals surface area contributed by atoms with Crippen LogP contribution < -0.4 is 5.32 Å². The van der Waals surface area contributed by atoms with Crippen molar-refractivity contribution in [2.45, 2.75) is 19.3 Å². The molecule has 0 atom stereocenters. The van der Waals surface area contributed by atoms with Crippen LogP contribution in [0.4, 0.5) is 23.4 Å². The molecule has 2 heterocycles. The first-order chi connectivity index (χ1) is 10.8. The Morgan fingerprint density at radius 1 is 1.22 bits per heavy atom. The van der Waals surface area contributed by atoms with Gasteiger partial charge in [0.15, 0.2) is 0 Å². The maximum absolute atomic E-state index is 13.3. The normalized spacial score (nSPS) is 11.4. The van der Waals surface area contributed by atoms with Crippen molar-refractivity contribution in [3.05, 3.63) is 35.3 Å². The van der Waals surface area contributed by atoms with Gasteiger partial charge in [-0.15, -0.1) is 0 Å². The zero-order valence-electron chi connectivity index (χ0n) is 12.1. The number of alkyl halides is 4. The summed E-state index contributed by atoms with van der Waals surface area (Å²) in [6.45, 7) is 0.474. The van der Waals surface area contributed by atoms with Crippen LogP contribution in [0.1, 0.15) is 30.3 Å². The lowest BCUT2D eigenvalue weighted by Crippen LogP contribution is -2.16. The second kappa shape index (κ2) is 6.16. The van der Waals surface area contributed by atoms with Crippen molar-refractivity contribution in [3.8, 4) is 17.5 Å². The first kappa shape index (κ1) is 16.6. The smallest absolute Gasteiger partial charge is 0.288 e. The molecule has 120 valence electrons. The fraction of sp³-hybridized carbons (Fsp3) is 0.286. The number of halogens is 4. The van der Waals surface area contributed by atoms with Crippen LogP contribution >= 0.6 is 0 Å². The quantitative estimate of drug-likeness (QED) is 0.871. The van der Waals surface area contributed by atoms with Crippen LogP contribution in [0, 0.1) is 11.3 Å². The van der Waals surface area contributed by atoms with Gasteiger partial charge in [0.2, 0.25) is 0 Å². The van der Waals surface area contributed by atoms with E-state index < -0.39 is 23.7 Å². The molecule has 2 aromatic heterocycles. The fourth-order valence-corrected chi connectivity index (χ4v) is 1.90. The van der Waals surface area contributed by atoms with Crippen LogP contribution in [0.2, 0.25) is 0 Å². The summed E-state index contributed by atoms with van der Waals surface area (Å²) in [7, 11) is 1.53. The largest absolute Gasteiger partial charge is 0.372 e. The van der Waals surface area contributed by atoms with Gasteiger partial charge >= 0.3 is 0 Å². The molecule has 0 saturated heterocycles. The molecule has 0 aromatic carbocycles. The third-order valence-corrected chi connectivity index (χ3v) is 2.94. The third-order valence-electron chi connectivity index (χ3n) is 2.94. The first-order valence-electron chi connectivity index (χ1n) is 6.40. The Balaban J connectivity index is 2.58. The van der Waals surface area contributed by atoms with Crippen LogP contribution in [-0.2, 0) is 5.92 Å². The highest BCUT2D eigenvalue weighted by molar-refractivity contribution is 5.61. The van der Waals surface area contributed by atoms with Crippen LogP contribution in [0.5, 0.6) is 0 Å². The van der Waals surface area contributed by atoms with Crippen LogP contribution in [-0.4, -0.2) is 22.0 Å². The molecule has 0 saturated carbocycles. The van der Waals surface area contributed by atoms with Crippen LogP contribution in [0.25, 0.3) is 11.4 Å². The molecule has 9 heteroatoms. The van der Waals surface area contributed by atoms with Crippen molar-refractivity contribution in [1.29, 1.82) is 5.26 Å². The lowest BCUT2D eigenvalue weighted by Gasteiger charge is -2.14. The average Bonchev–Trinajstić information content (AvgIpc) is 2.52. The molecule has 0 aliphatic heterocycles. The Hall–Kier alpha value is -2.76. The Morgan fingerprint density at radius 3 is 2.43 bits per heavy atom. The highest BCUT2D eigenvalue weighted by atomic mass is 19.3. The van der Waals surface area contributed by atoms with Crippen molar-refractivity contribution in [2.75, 3.05) is 12.4 Å². The second-order valence-electron chi connectivity index (χ2n) is 4.63. The topological polar surface area (TPSA) is 74.5 Å². The van der Waals surface area contributed by atoms with Gasteiger partial charge in [-0.05, 0) is 12.1 Å². The molecule has 2 rings (SSSR count). The van der Waals surface area contributed by atoms with Gasteiger partial charge in [-0.25, -0.2) is 18.7 Å². The van der Waals surface area contributed by atoms with E-state index in [0.717, 1.165) is 6.20 Å². The highest BCUT2D eigenvalue weighted by Gasteiger charge is 2.34. The molecule has 0 aliphatic rings. The molecular formula is C14H11F4N5. The van der Waals surface area contributed by atoms with E-state index in [4.69, 9.17) is 5.26 Å². The molecule has 0 aliphatic carbocycles. The highest BCUT2D eigenvalue weighted by Crippen LogP contribution is 2.33. The van der Waals surface area contributed by atoms with Crippen LogP contribution in [0.15, 0.2) is 18.3 Å². The van der Waals surface area contributed by atoms with Crippen molar-refractivity contribution in [3.63, 3.8) is 0 Å². The molecular weight excluding hydrogens is 314 g/mol. The monoisotopic (exact) mass is 325 g/mol. The van der Waals surface area contributed by atoms with Crippen molar-refractivity contribution >= 4 is 5.82 Å². The number of nitriles is 1. The number of anilines is 1. The number of rotatable bonds is 4. The maximum atomic E-state index is 13.3. The number of hydrogen-bond acceptors (Lipinski definition) is 5. The number of hydrogen-bond donors (Lipinski definition) is 1. The first-order valence-corrected chi connectivity index (χ1v) is 6.40. The minimum atomic E-state index is -3.54. The molecule has 2 aromatic rings. The van der Waals surface area contributed by atoms with Crippen LogP contribution in [0.3, 0.4) is 0 Å². The zero-order chi connectivity index (χ0) is 17.2. The summed E-state index contributed by atoms with van der Waals surface area (Å²) >= 11 is 0. The van der Waals surface area contributed by atoms with Gasteiger partial charge in [-0.1, -0.05) is 0 Å². The van der Waals surface area contributed by atoms with Gasteiger partial charge in [0.1, 0.15) is 29.0 Å². The van der Waals surface area contributed by atoms with Gasteiger partial charge in [0.25, 0.3) is 12.3 Å². The lowest BCUT2D eigenvalue weighted by molar-refractivity contribution is 0.00648. The van der Waals surface area contributed by atoms with Gasteiger partial charge in [0, 0.05) is 14.0 Å². The Labute approximate surface area is 129 Å². The third kappa shape index (κ3) is 3.36. The van der Waals surface area contributed by atoms with E-state index in [1.54, 1.807) is 0 Å². The fourth-order valence-electron chi connectivity index (χ4n) is 1.90. The Kier molecular flexibility index (Phi) is 4.45. The zero-order valence-corrected chi connectivity index (χ0v) is 12.1. The maximum Gasteiger partial charge on any atom is 0.288 e. The van der Waals surface area contributed by atoms with E-state index in [1.807, 2.05) is 6.07 Å². The Morgan fingerprint density at radius 2 is 1.91 bits per heavy atom. The summed E-state index contributed by atoms with van der Waals surface area (Å²) in [6.07, 6.45) is -2.25. The second-order valence-corrected chi connectivity index (χ2v) is 4.63. The molecule has 0 amide bonds. The van der Waals surface area contributed by atoms with Gasteiger partial charge in [-0.3, -0.25) is 4.98 Å². The molecule has 0 spiro atoms. The van der Waals surface area contributed by atoms with E-state index in [-0.39, 0.29) is 22.8 Å². The van der Waals surface area contributed by atoms with Gasteiger partial charge < -0.3 is 5.32 Å². The minimum absolute atomic E-state index is 0.0886. The molecule has 0 fully saturated rings. The summed E-state index contributed by atoms with van der Waals surface area (Å²) in [5.74, 6) is -3.32. The summed E-state index contributed by atoms with van der Waals surface area (Å²) < 4.78 is 52.7. The Bertz CT molecular complexity index is 765. The molecule has 0 unspecified atom stereocenters. The summed E-state index contributed by atoms with van der Waals surface area (Å²) in [6, 6.07) is 4.70. The molecule has 0 radical (unpaired) electrons. The van der Waals surface area contributed by atoms with E-state index in [2.05, 4.69) is 20.3 Å². The predicted molar refractivity (Wildman–Crippen MR) is 74.0 cm³/mol. The van der Waals surface area contributed by atoms with Crippen molar-refractivity contribution in [2.24, 2.45) is 0 Å². The van der Waals surface area contributed by atoms with E-state index >= 15 is 0 Å². The molecule has 5 nitrogen and oxygen atoms in total. The number of pyridine rings is 1. The standard InChI is InChI=1S/C14H11F4N5/c1-14(17,18)11-10(12(15)16)22-9(6-21-11)8-4-3-7(5-19)13(20-2)23-8/h3-4,6,12H,1-2H3,(H,20,23). The SMILES string of the molecule is CNc1nc(-c2cnc(C(C)(F)F)c(C(F)F)n2)ccc1C#N. The number of aromatic nitrogens is 3. The van der Waals surface area contributed by atoms with E-state index in [1.165, 1.54) is 19.2 Å². The van der Waals surface area contributed by atoms with E-state index in [0.29, 0.717) is 6.92 Å². The van der Waals surface area contributed by atoms with Gasteiger partial charge in [0.05, 0.1) is 17.5 Å². The number of nitrogens with zero attached hydrogens (tertiary/aromatic N) is 4. The number of nitrogens with one attached hydrogen (secondary N) is 1. The van der Waals surface area contributed by atoms with Gasteiger partial charge in [-0.2, -0.15) is 14.0 Å². The summed E-state index contributed by atoms with van der Waals surface area (Å²) in [5, 5.41) is 11.6.